The van der Waals surface area contributed by atoms with Crippen LogP contribution < -0.4 is 5.32 Å². The molecule has 0 radical (unpaired) electrons. The Hall–Kier alpha value is -1.98. The third-order valence-electron chi connectivity index (χ3n) is 1.93. The maximum absolute atomic E-state index is 13.2. The number of hydrogen-bond acceptors (Lipinski definition) is 3. The van der Waals surface area contributed by atoms with Crippen LogP contribution in [0.1, 0.15) is 5.76 Å². The minimum Gasteiger partial charge on any atom is -0.447 e. The van der Waals surface area contributed by atoms with Crippen LogP contribution in [-0.2, 0) is 6.54 Å². The first-order valence-electron chi connectivity index (χ1n) is 4.42. The number of hydrogen-bond donors (Lipinski definition) is 1. The molecule has 0 aliphatic heterocycles. The fraction of sp³-hybridized carbons (Fsp3) is 0.100. The van der Waals surface area contributed by atoms with Gasteiger partial charge < -0.3 is 9.73 Å². The normalized spacial score (nSPS) is 10.4. The number of benzene rings is 1. The van der Waals surface area contributed by atoms with E-state index in [0.717, 1.165) is 6.07 Å². The first-order chi connectivity index (χ1) is 7.66. The van der Waals surface area contributed by atoms with E-state index in [1.54, 1.807) is 0 Å². The molecule has 0 spiro atoms. The molecular formula is C10H7F3N2O. The van der Waals surface area contributed by atoms with Crippen molar-refractivity contribution in [3.05, 3.63) is 47.9 Å². The van der Waals surface area contributed by atoms with Gasteiger partial charge in [0.1, 0.15) is 11.6 Å². The van der Waals surface area contributed by atoms with Gasteiger partial charge in [0.25, 0.3) is 0 Å². The van der Waals surface area contributed by atoms with Crippen LogP contribution in [0.2, 0.25) is 0 Å². The van der Waals surface area contributed by atoms with Crippen molar-refractivity contribution in [1.29, 1.82) is 0 Å². The van der Waals surface area contributed by atoms with E-state index < -0.39 is 17.5 Å². The number of halogens is 3. The molecule has 0 saturated carbocycles. The Morgan fingerprint density at radius 3 is 2.75 bits per heavy atom. The van der Waals surface area contributed by atoms with Crippen LogP contribution in [0.5, 0.6) is 0 Å². The second-order valence-electron chi connectivity index (χ2n) is 3.07. The highest BCUT2D eigenvalue weighted by molar-refractivity contribution is 5.45. The molecule has 3 nitrogen and oxygen atoms in total. The Labute approximate surface area is 88.9 Å². The minimum absolute atomic E-state index is 0.0970. The van der Waals surface area contributed by atoms with Crippen molar-refractivity contribution in [3.63, 3.8) is 0 Å². The molecule has 1 heterocycles. The summed E-state index contributed by atoms with van der Waals surface area (Å²) < 4.78 is 43.6. The summed E-state index contributed by atoms with van der Waals surface area (Å²) in [5.74, 6) is -2.77. The highest BCUT2D eigenvalue weighted by Gasteiger charge is 2.10. The Bertz CT molecular complexity index is 485. The molecule has 1 N–H and O–H groups in total. The molecule has 0 aliphatic rings. The van der Waals surface area contributed by atoms with Gasteiger partial charge in [0, 0.05) is 12.1 Å². The van der Waals surface area contributed by atoms with Gasteiger partial charge in [-0.25, -0.2) is 18.2 Å². The van der Waals surface area contributed by atoms with Crippen LogP contribution in [0, 0.1) is 17.5 Å². The average molecular weight is 228 g/mol. The molecule has 1 aromatic carbocycles. The fourth-order valence-corrected chi connectivity index (χ4v) is 1.20. The number of anilines is 1. The zero-order valence-electron chi connectivity index (χ0n) is 8.01. The molecule has 0 amide bonds. The number of nitrogens with one attached hydrogen (secondary N) is 1. The van der Waals surface area contributed by atoms with Crippen LogP contribution in [0.25, 0.3) is 0 Å². The van der Waals surface area contributed by atoms with Gasteiger partial charge in [0.2, 0.25) is 0 Å². The fourth-order valence-electron chi connectivity index (χ4n) is 1.20. The zero-order valence-corrected chi connectivity index (χ0v) is 8.01. The lowest BCUT2D eigenvalue weighted by Crippen LogP contribution is -2.02. The molecule has 84 valence electrons. The lowest BCUT2D eigenvalue weighted by atomic mass is 10.2. The molecule has 16 heavy (non-hydrogen) atoms. The van der Waals surface area contributed by atoms with Crippen LogP contribution >= 0.6 is 0 Å². The van der Waals surface area contributed by atoms with E-state index in [4.69, 9.17) is 4.42 Å². The second kappa shape index (κ2) is 4.26. The summed E-state index contributed by atoms with van der Waals surface area (Å²) >= 11 is 0. The molecule has 0 saturated heterocycles. The quantitative estimate of drug-likeness (QED) is 0.821. The summed E-state index contributed by atoms with van der Waals surface area (Å²) in [4.78, 5) is 3.64. The largest absolute Gasteiger partial charge is 0.447 e. The van der Waals surface area contributed by atoms with Crippen molar-refractivity contribution in [2.75, 3.05) is 5.32 Å². The first kappa shape index (κ1) is 10.5. The summed E-state index contributed by atoms with van der Waals surface area (Å²) in [6, 6.07) is 1.35. The average Bonchev–Trinajstić information content (AvgIpc) is 2.74. The topological polar surface area (TPSA) is 38.1 Å². The SMILES string of the molecule is Fc1cc(F)c(F)c(NCc2cnco2)c1. The van der Waals surface area contributed by atoms with E-state index in [1.165, 1.54) is 12.6 Å². The molecule has 0 unspecified atom stereocenters. The predicted octanol–water partition coefficient (Wildman–Crippen LogP) is 2.70. The Morgan fingerprint density at radius 2 is 2.06 bits per heavy atom. The zero-order chi connectivity index (χ0) is 11.5. The van der Waals surface area contributed by atoms with Crippen LogP contribution in [0.3, 0.4) is 0 Å². The molecule has 0 bridgehead atoms. The van der Waals surface area contributed by atoms with Crippen molar-refractivity contribution in [2.45, 2.75) is 6.54 Å². The molecule has 0 atom stereocenters. The predicted molar refractivity (Wildman–Crippen MR) is 50.1 cm³/mol. The van der Waals surface area contributed by atoms with Crippen molar-refractivity contribution >= 4 is 5.69 Å². The number of oxazole rings is 1. The van der Waals surface area contributed by atoms with E-state index in [2.05, 4.69) is 10.3 Å². The highest BCUT2D eigenvalue weighted by atomic mass is 19.2. The number of rotatable bonds is 3. The third-order valence-corrected chi connectivity index (χ3v) is 1.93. The van der Waals surface area contributed by atoms with Gasteiger partial charge in [-0.05, 0) is 0 Å². The molecule has 0 aliphatic carbocycles. The summed E-state index contributed by atoms with van der Waals surface area (Å²) in [5, 5.41) is 2.51. The van der Waals surface area contributed by atoms with Gasteiger partial charge in [-0.3, -0.25) is 0 Å². The van der Waals surface area contributed by atoms with Crippen LogP contribution in [0.15, 0.2) is 29.1 Å². The van der Waals surface area contributed by atoms with Gasteiger partial charge >= 0.3 is 0 Å². The Kier molecular flexibility index (Phi) is 2.80. The lowest BCUT2D eigenvalue weighted by molar-refractivity contribution is 0.493. The van der Waals surface area contributed by atoms with E-state index in [-0.39, 0.29) is 12.2 Å². The first-order valence-corrected chi connectivity index (χ1v) is 4.42. The van der Waals surface area contributed by atoms with Crippen molar-refractivity contribution < 1.29 is 17.6 Å². The number of nitrogens with zero attached hydrogens (tertiary/aromatic N) is 1. The Morgan fingerprint density at radius 1 is 1.25 bits per heavy atom. The van der Waals surface area contributed by atoms with Crippen molar-refractivity contribution in [1.82, 2.24) is 4.98 Å². The van der Waals surface area contributed by atoms with Crippen molar-refractivity contribution in [2.24, 2.45) is 0 Å². The number of aromatic nitrogens is 1. The van der Waals surface area contributed by atoms with Gasteiger partial charge in [-0.2, -0.15) is 0 Å². The van der Waals surface area contributed by atoms with E-state index in [1.807, 2.05) is 0 Å². The standard InChI is InChI=1S/C10H7F3N2O/c11-6-1-8(12)10(13)9(2-6)15-4-7-3-14-5-16-7/h1-3,5,15H,4H2. The van der Waals surface area contributed by atoms with Gasteiger partial charge in [0.05, 0.1) is 18.4 Å². The third kappa shape index (κ3) is 2.16. The van der Waals surface area contributed by atoms with Gasteiger partial charge in [-0.15, -0.1) is 0 Å². The van der Waals surface area contributed by atoms with Gasteiger partial charge in [-0.1, -0.05) is 0 Å². The molecule has 1 aromatic heterocycles. The second-order valence-corrected chi connectivity index (χ2v) is 3.07. The Balaban J connectivity index is 2.15. The van der Waals surface area contributed by atoms with E-state index in [0.29, 0.717) is 11.8 Å². The molecule has 2 aromatic rings. The molecule has 0 fully saturated rings. The molecular weight excluding hydrogens is 221 g/mol. The minimum atomic E-state index is -1.24. The summed E-state index contributed by atoms with van der Waals surface area (Å²) in [6.07, 6.45) is 2.63. The van der Waals surface area contributed by atoms with Gasteiger partial charge in [0.15, 0.2) is 18.0 Å². The highest BCUT2D eigenvalue weighted by Crippen LogP contribution is 2.19. The smallest absolute Gasteiger partial charge is 0.182 e. The van der Waals surface area contributed by atoms with E-state index >= 15 is 0 Å². The van der Waals surface area contributed by atoms with E-state index in [9.17, 15) is 13.2 Å². The molecule has 6 heteroatoms. The lowest BCUT2D eigenvalue weighted by Gasteiger charge is -2.06. The van der Waals surface area contributed by atoms with Crippen LogP contribution in [-0.4, -0.2) is 4.98 Å². The molecule has 2 rings (SSSR count). The van der Waals surface area contributed by atoms with Crippen LogP contribution in [0.4, 0.5) is 18.9 Å². The summed E-state index contributed by atoms with van der Waals surface area (Å²) in [6.45, 7) is 0.0970. The maximum Gasteiger partial charge on any atom is 0.182 e. The summed E-state index contributed by atoms with van der Waals surface area (Å²) in [5.41, 5.74) is -0.256. The summed E-state index contributed by atoms with van der Waals surface area (Å²) in [7, 11) is 0. The van der Waals surface area contributed by atoms with Crippen molar-refractivity contribution in [3.8, 4) is 0 Å². The monoisotopic (exact) mass is 228 g/mol. The maximum atomic E-state index is 13.2.